The van der Waals surface area contributed by atoms with E-state index in [2.05, 4.69) is 0 Å². The highest BCUT2D eigenvalue weighted by atomic mass is 16.7. The molecule has 2 aliphatic heterocycles. The molecule has 64 valence electrons. The van der Waals surface area contributed by atoms with Crippen LogP contribution < -0.4 is 0 Å². The van der Waals surface area contributed by atoms with E-state index in [1.54, 1.807) is 0 Å². The molecule has 0 spiro atoms. The SMILES string of the molecule is C1COC2CCCCN2OC1. The summed E-state index contributed by atoms with van der Waals surface area (Å²) in [6.45, 7) is 2.74. The second kappa shape index (κ2) is 3.52. The van der Waals surface area contributed by atoms with Gasteiger partial charge < -0.3 is 4.74 Å². The maximum Gasteiger partial charge on any atom is 0.133 e. The van der Waals surface area contributed by atoms with Crippen LogP contribution in [0.25, 0.3) is 0 Å². The van der Waals surface area contributed by atoms with Crippen molar-refractivity contribution < 1.29 is 9.57 Å². The molecule has 1 unspecified atom stereocenters. The summed E-state index contributed by atoms with van der Waals surface area (Å²) in [4.78, 5) is 5.52. The molecule has 2 aliphatic rings. The fourth-order valence-corrected chi connectivity index (χ4v) is 1.65. The van der Waals surface area contributed by atoms with Crippen molar-refractivity contribution in [2.75, 3.05) is 19.8 Å². The minimum Gasteiger partial charge on any atom is -0.361 e. The molecule has 11 heavy (non-hydrogen) atoms. The molecule has 0 aromatic heterocycles. The van der Waals surface area contributed by atoms with Crippen LogP contribution in [-0.2, 0) is 9.57 Å². The largest absolute Gasteiger partial charge is 0.361 e. The van der Waals surface area contributed by atoms with E-state index in [4.69, 9.17) is 9.57 Å². The second-order valence-corrected chi connectivity index (χ2v) is 3.15. The molecule has 1 atom stereocenters. The molecule has 2 saturated heterocycles. The third-order valence-electron chi connectivity index (χ3n) is 2.26. The van der Waals surface area contributed by atoms with E-state index in [1.807, 2.05) is 5.06 Å². The number of hydrogen-bond donors (Lipinski definition) is 0. The lowest BCUT2D eigenvalue weighted by Crippen LogP contribution is -2.39. The van der Waals surface area contributed by atoms with Gasteiger partial charge in [-0.15, -0.1) is 0 Å². The van der Waals surface area contributed by atoms with Gasteiger partial charge in [-0.3, -0.25) is 4.84 Å². The maximum atomic E-state index is 5.61. The van der Waals surface area contributed by atoms with E-state index in [-0.39, 0.29) is 6.23 Å². The van der Waals surface area contributed by atoms with Crippen molar-refractivity contribution >= 4 is 0 Å². The van der Waals surface area contributed by atoms with Crippen LogP contribution in [0.2, 0.25) is 0 Å². The summed E-state index contributed by atoms with van der Waals surface area (Å²) in [6.07, 6.45) is 4.96. The number of nitrogens with zero attached hydrogens (tertiary/aromatic N) is 1. The molecule has 0 radical (unpaired) electrons. The van der Waals surface area contributed by atoms with Gasteiger partial charge in [-0.25, -0.2) is 0 Å². The van der Waals surface area contributed by atoms with Gasteiger partial charge in [-0.2, -0.15) is 5.06 Å². The van der Waals surface area contributed by atoms with Crippen molar-refractivity contribution in [3.63, 3.8) is 0 Å². The smallest absolute Gasteiger partial charge is 0.133 e. The summed E-state index contributed by atoms with van der Waals surface area (Å²) in [7, 11) is 0. The Balaban J connectivity index is 1.93. The molecule has 2 heterocycles. The predicted octanol–water partition coefficient (Wildman–Crippen LogP) is 1.15. The monoisotopic (exact) mass is 157 g/mol. The van der Waals surface area contributed by atoms with Crippen LogP contribution in [0.15, 0.2) is 0 Å². The van der Waals surface area contributed by atoms with Gasteiger partial charge in [0.1, 0.15) is 6.23 Å². The molecule has 3 nitrogen and oxygen atoms in total. The average molecular weight is 157 g/mol. The zero-order valence-corrected chi connectivity index (χ0v) is 6.79. The van der Waals surface area contributed by atoms with Gasteiger partial charge in [-0.05, 0) is 25.7 Å². The van der Waals surface area contributed by atoms with E-state index in [1.165, 1.54) is 12.8 Å². The number of piperidine rings is 1. The molecule has 0 aromatic rings. The Labute approximate surface area is 67.2 Å². The molecule has 0 N–H and O–H groups in total. The van der Waals surface area contributed by atoms with E-state index in [0.717, 1.165) is 32.6 Å². The lowest BCUT2D eigenvalue weighted by atomic mass is 10.1. The van der Waals surface area contributed by atoms with Crippen LogP contribution >= 0.6 is 0 Å². The third-order valence-corrected chi connectivity index (χ3v) is 2.26. The Morgan fingerprint density at radius 2 is 2.09 bits per heavy atom. The summed E-state index contributed by atoms with van der Waals surface area (Å²) in [5.74, 6) is 0. The third kappa shape index (κ3) is 1.72. The average Bonchev–Trinajstić information content (AvgIpc) is 2.28. The number of hydrogen-bond acceptors (Lipinski definition) is 3. The Morgan fingerprint density at radius 1 is 1.09 bits per heavy atom. The van der Waals surface area contributed by atoms with Crippen LogP contribution in [-0.4, -0.2) is 31.0 Å². The minimum absolute atomic E-state index is 0.256. The number of fused-ring (bicyclic) bond motifs is 1. The van der Waals surface area contributed by atoms with Crippen LogP contribution in [0.3, 0.4) is 0 Å². The van der Waals surface area contributed by atoms with E-state index < -0.39 is 0 Å². The van der Waals surface area contributed by atoms with Crippen LogP contribution in [0.5, 0.6) is 0 Å². The molecule has 0 amide bonds. The van der Waals surface area contributed by atoms with Gasteiger partial charge in [-0.1, -0.05) is 0 Å². The molecule has 0 saturated carbocycles. The summed E-state index contributed by atoms with van der Waals surface area (Å²) < 4.78 is 5.61. The van der Waals surface area contributed by atoms with Crippen molar-refractivity contribution in [3.05, 3.63) is 0 Å². The van der Waals surface area contributed by atoms with E-state index >= 15 is 0 Å². The van der Waals surface area contributed by atoms with E-state index in [0.29, 0.717) is 0 Å². The van der Waals surface area contributed by atoms with Gasteiger partial charge in [0.25, 0.3) is 0 Å². The molecular formula is C8H15NO2. The van der Waals surface area contributed by atoms with Crippen LogP contribution in [0, 0.1) is 0 Å². The Morgan fingerprint density at radius 3 is 3.09 bits per heavy atom. The fraction of sp³-hybridized carbons (Fsp3) is 1.00. The van der Waals surface area contributed by atoms with E-state index in [9.17, 15) is 0 Å². The van der Waals surface area contributed by atoms with Crippen molar-refractivity contribution in [1.29, 1.82) is 0 Å². The van der Waals surface area contributed by atoms with Crippen LogP contribution in [0.4, 0.5) is 0 Å². The first-order chi connectivity index (χ1) is 5.47. The Kier molecular flexibility index (Phi) is 2.41. The molecule has 3 heteroatoms. The highest BCUT2D eigenvalue weighted by Gasteiger charge is 2.25. The van der Waals surface area contributed by atoms with Crippen molar-refractivity contribution in [2.45, 2.75) is 31.9 Å². The lowest BCUT2D eigenvalue weighted by molar-refractivity contribution is -0.243. The highest BCUT2D eigenvalue weighted by molar-refractivity contribution is 4.64. The van der Waals surface area contributed by atoms with Crippen molar-refractivity contribution in [2.24, 2.45) is 0 Å². The van der Waals surface area contributed by atoms with Gasteiger partial charge in [0.05, 0.1) is 13.2 Å². The molecule has 0 aliphatic carbocycles. The summed E-state index contributed by atoms with van der Waals surface area (Å²) in [5, 5.41) is 2.01. The van der Waals surface area contributed by atoms with Crippen molar-refractivity contribution in [1.82, 2.24) is 5.06 Å². The normalized spacial score (nSPS) is 34.4. The first-order valence-electron chi connectivity index (χ1n) is 4.48. The maximum absolute atomic E-state index is 5.61. The number of rotatable bonds is 0. The predicted molar refractivity (Wildman–Crippen MR) is 40.9 cm³/mol. The molecule has 2 rings (SSSR count). The van der Waals surface area contributed by atoms with Gasteiger partial charge >= 0.3 is 0 Å². The molecule has 0 bridgehead atoms. The number of ether oxygens (including phenoxy) is 1. The minimum atomic E-state index is 0.256. The van der Waals surface area contributed by atoms with Crippen LogP contribution in [0.1, 0.15) is 25.7 Å². The lowest BCUT2D eigenvalue weighted by Gasteiger charge is -2.31. The highest BCUT2D eigenvalue weighted by Crippen LogP contribution is 2.20. The zero-order chi connectivity index (χ0) is 7.52. The van der Waals surface area contributed by atoms with Gasteiger partial charge in [0, 0.05) is 6.54 Å². The Bertz CT molecular complexity index is 115. The first-order valence-corrected chi connectivity index (χ1v) is 4.48. The second-order valence-electron chi connectivity index (χ2n) is 3.15. The fourth-order valence-electron chi connectivity index (χ4n) is 1.65. The molecule has 2 fully saturated rings. The standard InChI is InChI=1S/C8H15NO2/c1-2-5-9-8(4-1)10-6-3-7-11-9/h8H,1-7H2. The number of hydroxylamine groups is 2. The molecule has 0 aromatic carbocycles. The molecular weight excluding hydrogens is 142 g/mol. The van der Waals surface area contributed by atoms with Gasteiger partial charge in [0.2, 0.25) is 0 Å². The van der Waals surface area contributed by atoms with Gasteiger partial charge in [0.15, 0.2) is 0 Å². The summed E-state index contributed by atoms with van der Waals surface area (Å²) in [6, 6.07) is 0. The first kappa shape index (κ1) is 7.53. The topological polar surface area (TPSA) is 21.7 Å². The quantitative estimate of drug-likeness (QED) is 0.526. The van der Waals surface area contributed by atoms with Crippen molar-refractivity contribution in [3.8, 4) is 0 Å². The summed E-state index contributed by atoms with van der Waals surface area (Å²) >= 11 is 0. The summed E-state index contributed by atoms with van der Waals surface area (Å²) in [5.41, 5.74) is 0. The Hall–Kier alpha value is -0.120. The zero-order valence-electron chi connectivity index (χ0n) is 6.79.